The molecule has 0 fully saturated rings. The summed E-state index contributed by atoms with van der Waals surface area (Å²) in [5.41, 5.74) is 2.35. The van der Waals surface area contributed by atoms with Crippen molar-refractivity contribution in [3.8, 4) is 17.2 Å². The fourth-order valence-corrected chi connectivity index (χ4v) is 3.06. The third-order valence-corrected chi connectivity index (χ3v) is 4.73. The Labute approximate surface area is 177 Å². The average molecular weight is 420 g/mol. The number of hydrogen-bond donors (Lipinski definition) is 0. The summed E-state index contributed by atoms with van der Waals surface area (Å²) in [5, 5.41) is 8.68. The van der Waals surface area contributed by atoms with Crippen molar-refractivity contribution in [1.82, 2.24) is 10.2 Å². The first-order chi connectivity index (χ1) is 15.0. The molecule has 2 aromatic heterocycles. The molecule has 0 aliphatic carbocycles. The normalized spacial score (nSPS) is 10.9. The first-order valence-corrected chi connectivity index (χ1v) is 9.67. The summed E-state index contributed by atoms with van der Waals surface area (Å²) in [6.45, 7) is 1.95. The maximum absolute atomic E-state index is 12.2. The molecule has 0 saturated heterocycles. The van der Waals surface area contributed by atoms with Crippen molar-refractivity contribution in [1.29, 1.82) is 0 Å². The number of methoxy groups -OCH3 is 1. The lowest BCUT2D eigenvalue weighted by atomic mass is 10.1. The smallest absolute Gasteiger partial charge is 0.336 e. The van der Waals surface area contributed by atoms with E-state index in [-0.39, 0.29) is 19.4 Å². The van der Waals surface area contributed by atoms with Gasteiger partial charge in [0.05, 0.1) is 13.5 Å². The van der Waals surface area contributed by atoms with Crippen LogP contribution in [0.4, 0.5) is 0 Å². The van der Waals surface area contributed by atoms with Crippen LogP contribution in [0.2, 0.25) is 0 Å². The number of carbonyl (C=O) groups excluding carboxylic acids is 1. The van der Waals surface area contributed by atoms with Crippen LogP contribution in [0.3, 0.4) is 0 Å². The molecule has 158 valence electrons. The van der Waals surface area contributed by atoms with E-state index in [1.54, 1.807) is 18.2 Å². The van der Waals surface area contributed by atoms with Crippen molar-refractivity contribution in [3.05, 3.63) is 76.0 Å². The van der Waals surface area contributed by atoms with E-state index in [0.29, 0.717) is 34.1 Å². The van der Waals surface area contributed by atoms with Gasteiger partial charge in [0.15, 0.2) is 0 Å². The van der Waals surface area contributed by atoms with Crippen LogP contribution in [0, 0.1) is 6.92 Å². The highest BCUT2D eigenvalue weighted by molar-refractivity contribution is 5.81. The van der Waals surface area contributed by atoms with Gasteiger partial charge in [0.1, 0.15) is 17.9 Å². The molecule has 2 aromatic carbocycles. The second-order valence-corrected chi connectivity index (χ2v) is 6.98. The molecule has 8 nitrogen and oxygen atoms in total. The van der Waals surface area contributed by atoms with Crippen molar-refractivity contribution in [2.75, 3.05) is 7.11 Å². The predicted molar refractivity (Wildman–Crippen MR) is 112 cm³/mol. The van der Waals surface area contributed by atoms with Crippen molar-refractivity contribution < 1.29 is 23.1 Å². The topological polar surface area (TPSA) is 105 Å². The van der Waals surface area contributed by atoms with Gasteiger partial charge in [0.2, 0.25) is 11.8 Å². The molecule has 0 aliphatic heterocycles. The quantitative estimate of drug-likeness (QED) is 0.328. The first-order valence-electron chi connectivity index (χ1n) is 9.67. The summed E-state index contributed by atoms with van der Waals surface area (Å²) in [6.07, 6.45) is 0.329. The second-order valence-electron chi connectivity index (χ2n) is 6.98. The molecule has 0 amide bonds. The van der Waals surface area contributed by atoms with Crippen LogP contribution >= 0.6 is 0 Å². The third kappa shape index (κ3) is 4.80. The first kappa shape index (κ1) is 20.3. The Balaban J connectivity index is 1.37. The standard InChI is InChI=1S/C23H20N2O6/c1-14-3-5-15(6-4-14)23-25-24-20(31-23)9-10-21(26)29-13-16-11-22(27)30-19-12-17(28-2)7-8-18(16)19/h3-8,11-12H,9-10,13H2,1-2H3. The van der Waals surface area contributed by atoms with Crippen LogP contribution in [0.25, 0.3) is 22.4 Å². The van der Waals surface area contributed by atoms with Crippen LogP contribution in [-0.4, -0.2) is 23.3 Å². The Morgan fingerprint density at radius 2 is 1.84 bits per heavy atom. The molecule has 4 aromatic rings. The van der Waals surface area contributed by atoms with Gasteiger partial charge in [-0.1, -0.05) is 17.7 Å². The Morgan fingerprint density at radius 3 is 2.61 bits per heavy atom. The lowest BCUT2D eigenvalue weighted by molar-refractivity contribution is -0.144. The number of hydrogen-bond acceptors (Lipinski definition) is 8. The van der Waals surface area contributed by atoms with E-state index in [2.05, 4.69) is 10.2 Å². The minimum Gasteiger partial charge on any atom is -0.497 e. The summed E-state index contributed by atoms with van der Waals surface area (Å²) in [7, 11) is 1.53. The number of benzene rings is 2. The van der Waals surface area contributed by atoms with Gasteiger partial charge in [-0.3, -0.25) is 4.79 Å². The van der Waals surface area contributed by atoms with Gasteiger partial charge in [-0.05, 0) is 31.2 Å². The summed E-state index contributed by atoms with van der Waals surface area (Å²) in [6, 6.07) is 14.1. The molecule has 2 heterocycles. The van der Waals surface area contributed by atoms with Crippen LogP contribution in [0.15, 0.2) is 62.2 Å². The van der Waals surface area contributed by atoms with Gasteiger partial charge in [-0.25, -0.2) is 4.79 Å². The highest BCUT2D eigenvalue weighted by Crippen LogP contribution is 2.23. The van der Waals surface area contributed by atoms with Gasteiger partial charge in [-0.15, -0.1) is 10.2 Å². The number of carbonyl (C=O) groups is 1. The van der Waals surface area contributed by atoms with Crippen molar-refractivity contribution in [2.45, 2.75) is 26.4 Å². The maximum atomic E-state index is 12.2. The average Bonchev–Trinajstić information content (AvgIpc) is 3.25. The van der Waals surface area contributed by atoms with E-state index in [1.165, 1.54) is 13.2 Å². The molecule has 8 heteroatoms. The Hall–Kier alpha value is -3.94. The zero-order valence-corrected chi connectivity index (χ0v) is 17.1. The number of fused-ring (bicyclic) bond motifs is 1. The zero-order chi connectivity index (χ0) is 21.8. The zero-order valence-electron chi connectivity index (χ0n) is 17.1. The molecule has 0 saturated carbocycles. The fourth-order valence-electron chi connectivity index (χ4n) is 3.06. The maximum Gasteiger partial charge on any atom is 0.336 e. The molecular formula is C23H20N2O6. The van der Waals surface area contributed by atoms with Gasteiger partial charge in [0.25, 0.3) is 0 Å². The SMILES string of the molecule is COc1ccc2c(COC(=O)CCc3nnc(-c4ccc(C)cc4)o3)cc(=O)oc2c1. The van der Waals surface area contributed by atoms with Gasteiger partial charge in [0, 0.05) is 35.1 Å². The van der Waals surface area contributed by atoms with E-state index in [9.17, 15) is 9.59 Å². The van der Waals surface area contributed by atoms with Crippen LogP contribution in [0.5, 0.6) is 5.75 Å². The highest BCUT2D eigenvalue weighted by atomic mass is 16.5. The number of aromatic nitrogens is 2. The lowest BCUT2D eigenvalue weighted by Crippen LogP contribution is -2.08. The van der Waals surface area contributed by atoms with Crippen LogP contribution < -0.4 is 10.4 Å². The number of esters is 1. The van der Waals surface area contributed by atoms with Gasteiger partial charge < -0.3 is 18.3 Å². The monoisotopic (exact) mass is 420 g/mol. The Kier molecular flexibility index (Phi) is 5.79. The van der Waals surface area contributed by atoms with E-state index >= 15 is 0 Å². The number of aryl methyl sites for hydroxylation is 2. The lowest BCUT2D eigenvalue weighted by Gasteiger charge is -2.08. The summed E-state index contributed by atoms with van der Waals surface area (Å²) in [5.74, 6) is 0.881. The second kappa shape index (κ2) is 8.83. The van der Waals surface area contributed by atoms with Crippen molar-refractivity contribution >= 4 is 16.9 Å². The Morgan fingerprint density at radius 1 is 1.03 bits per heavy atom. The number of nitrogens with zero attached hydrogens (tertiary/aromatic N) is 2. The van der Waals surface area contributed by atoms with Crippen molar-refractivity contribution in [3.63, 3.8) is 0 Å². The molecule has 0 atom stereocenters. The van der Waals surface area contributed by atoms with E-state index < -0.39 is 11.6 Å². The summed E-state index contributed by atoms with van der Waals surface area (Å²) < 4.78 is 21.3. The van der Waals surface area contributed by atoms with Crippen molar-refractivity contribution in [2.24, 2.45) is 0 Å². The van der Waals surface area contributed by atoms with E-state index in [4.69, 9.17) is 18.3 Å². The number of ether oxygens (including phenoxy) is 2. The molecule has 0 spiro atoms. The molecular weight excluding hydrogens is 400 g/mol. The molecule has 0 aliphatic rings. The minimum atomic E-state index is -0.527. The largest absolute Gasteiger partial charge is 0.497 e. The molecule has 4 rings (SSSR count). The minimum absolute atomic E-state index is 0.0499. The third-order valence-electron chi connectivity index (χ3n) is 4.73. The summed E-state index contributed by atoms with van der Waals surface area (Å²) >= 11 is 0. The Bertz CT molecular complexity index is 1270. The summed E-state index contributed by atoms with van der Waals surface area (Å²) in [4.78, 5) is 24.0. The molecule has 0 N–H and O–H groups in total. The van der Waals surface area contributed by atoms with E-state index in [0.717, 1.165) is 11.1 Å². The molecule has 31 heavy (non-hydrogen) atoms. The molecule has 0 bridgehead atoms. The fraction of sp³-hybridized carbons (Fsp3) is 0.217. The van der Waals surface area contributed by atoms with Gasteiger partial charge >= 0.3 is 11.6 Å². The highest BCUT2D eigenvalue weighted by Gasteiger charge is 2.13. The molecule has 0 unspecified atom stereocenters. The predicted octanol–water partition coefficient (Wildman–Crippen LogP) is 3.84. The number of rotatable bonds is 7. The van der Waals surface area contributed by atoms with Gasteiger partial charge in [-0.2, -0.15) is 0 Å². The van der Waals surface area contributed by atoms with E-state index in [1.807, 2.05) is 31.2 Å². The molecule has 0 radical (unpaired) electrons. The van der Waals surface area contributed by atoms with Crippen LogP contribution in [-0.2, 0) is 22.6 Å². The van der Waals surface area contributed by atoms with Crippen LogP contribution in [0.1, 0.15) is 23.4 Å².